The fourth-order valence-electron chi connectivity index (χ4n) is 0.992. The summed E-state index contributed by atoms with van der Waals surface area (Å²) >= 11 is 0. The fraction of sp³-hybridized carbons (Fsp3) is 0.571. The molecular formula is C7H12O5S. The topological polar surface area (TPSA) is 76.0 Å². The lowest BCUT2D eigenvalue weighted by Gasteiger charge is -2.34. The van der Waals surface area contributed by atoms with Gasteiger partial charge in [0.05, 0.1) is 23.2 Å². The molecule has 1 unspecified atom stereocenters. The van der Waals surface area contributed by atoms with Gasteiger partial charge in [-0.2, -0.15) is 0 Å². The Morgan fingerprint density at radius 1 is 1.69 bits per heavy atom. The second-order valence-electron chi connectivity index (χ2n) is 2.65. The summed E-state index contributed by atoms with van der Waals surface area (Å²) in [5, 5.41) is 0. The average molecular weight is 208 g/mol. The van der Waals surface area contributed by atoms with Crippen molar-refractivity contribution in [2.24, 2.45) is 0 Å². The maximum Gasteiger partial charge on any atom is 0.330 e. The third-order valence-electron chi connectivity index (χ3n) is 1.56. The summed E-state index contributed by atoms with van der Waals surface area (Å²) in [6.07, 6.45) is 1.04. The van der Waals surface area contributed by atoms with E-state index in [0.29, 0.717) is 6.42 Å². The Balaban J connectivity index is 2.43. The summed E-state index contributed by atoms with van der Waals surface area (Å²) in [5.41, 5.74) is 0. The van der Waals surface area contributed by atoms with Crippen molar-refractivity contribution in [2.75, 3.05) is 12.4 Å². The zero-order valence-electron chi connectivity index (χ0n) is 7.01. The number of rotatable bonds is 2. The molecule has 0 spiro atoms. The quantitative estimate of drug-likeness (QED) is 0.526. The summed E-state index contributed by atoms with van der Waals surface area (Å²) in [6, 6.07) is 0. The SMILES string of the molecule is C=CC(=O)OC1CCOS(O)(O)C1. The molecule has 1 rings (SSSR count). The molecular weight excluding hydrogens is 196 g/mol. The minimum Gasteiger partial charge on any atom is -0.458 e. The van der Waals surface area contributed by atoms with Crippen LogP contribution in [0.2, 0.25) is 0 Å². The van der Waals surface area contributed by atoms with Crippen molar-refractivity contribution in [1.82, 2.24) is 0 Å². The van der Waals surface area contributed by atoms with Gasteiger partial charge < -0.3 is 13.8 Å². The van der Waals surface area contributed by atoms with E-state index in [0.717, 1.165) is 6.08 Å². The summed E-state index contributed by atoms with van der Waals surface area (Å²) in [4.78, 5) is 10.8. The van der Waals surface area contributed by atoms with Crippen LogP contribution in [0.4, 0.5) is 0 Å². The van der Waals surface area contributed by atoms with E-state index in [2.05, 4.69) is 10.8 Å². The Hall–Kier alpha value is -0.560. The fourth-order valence-corrected chi connectivity index (χ4v) is 2.17. The van der Waals surface area contributed by atoms with Crippen LogP contribution in [-0.2, 0) is 13.7 Å². The minimum atomic E-state index is -3.00. The molecule has 1 fully saturated rings. The van der Waals surface area contributed by atoms with Gasteiger partial charge in [0.1, 0.15) is 6.10 Å². The number of ether oxygens (including phenoxy) is 1. The second-order valence-corrected chi connectivity index (χ2v) is 4.43. The maximum absolute atomic E-state index is 10.8. The molecule has 0 aromatic carbocycles. The molecule has 1 atom stereocenters. The Labute approximate surface area is 77.9 Å². The molecule has 13 heavy (non-hydrogen) atoms. The number of hydrogen-bond acceptors (Lipinski definition) is 5. The third kappa shape index (κ3) is 3.35. The maximum atomic E-state index is 10.8. The zero-order chi connectivity index (χ0) is 9.90. The predicted octanol–water partition coefficient (Wildman–Crippen LogP) is 1.17. The lowest BCUT2D eigenvalue weighted by atomic mass is 10.3. The van der Waals surface area contributed by atoms with E-state index in [9.17, 15) is 4.79 Å². The summed E-state index contributed by atoms with van der Waals surface area (Å²) < 4.78 is 27.8. The average Bonchev–Trinajstić information content (AvgIpc) is 2.02. The van der Waals surface area contributed by atoms with E-state index in [1.54, 1.807) is 0 Å². The molecule has 1 aliphatic rings. The monoisotopic (exact) mass is 208 g/mol. The van der Waals surface area contributed by atoms with E-state index in [4.69, 9.17) is 13.8 Å². The minimum absolute atomic E-state index is 0.0490. The van der Waals surface area contributed by atoms with Crippen LogP contribution in [0.15, 0.2) is 12.7 Å². The number of carbonyl (C=O) groups excluding carboxylic acids is 1. The van der Waals surface area contributed by atoms with Crippen molar-refractivity contribution in [3.05, 3.63) is 12.7 Å². The molecule has 6 heteroatoms. The molecule has 0 radical (unpaired) electrons. The van der Waals surface area contributed by atoms with E-state index < -0.39 is 22.9 Å². The van der Waals surface area contributed by atoms with Crippen LogP contribution in [-0.4, -0.2) is 33.5 Å². The van der Waals surface area contributed by atoms with Crippen LogP contribution in [0, 0.1) is 0 Å². The number of carbonyl (C=O) groups is 1. The molecule has 0 saturated carbocycles. The standard InChI is InChI=1S/C7H12O5S/c1-2-7(8)12-6-3-4-11-13(9,10)5-6/h2,6,9-10H,1,3-5H2. The van der Waals surface area contributed by atoms with E-state index in [1.165, 1.54) is 0 Å². The second kappa shape index (κ2) is 4.10. The van der Waals surface area contributed by atoms with E-state index in [-0.39, 0.29) is 12.4 Å². The van der Waals surface area contributed by atoms with Crippen molar-refractivity contribution >= 4 is 16.8 Å². The predicted molar refractivity (Wildman–Crippen MR) is 48.4 cm³/mol. The molecule has 0 aliphatic carbocycles. The van der Waals surface area contributed by atoms with Crippen molar-refractivity contribution in [2.45, 2.75) is 12.5 Å². The van der Waals surface area contributed by atoms with Gasteiger partial charge in [-0.05, 0) is 0 Å². The largest absolute Gasteiger partial charge is 0.458 e. The van der Waals surface area contributed by atoms with Crippen LogP contribution in [0.25, 0.3) is 0 Å². The zero-order valence-corrected chi connectivity index (χ0v) is 7.83. The lowest BCUT2D eigenvalue weighted by molar-refractivity contribution is -0.142. The first-order valence-corrected chi connectivity index (χ1v) is 5.41. The first-order valence-electron chi connectivity index (χ1n) is 3.77. The van der Waals surface area contributed by atoms with Crippen molar-refractivity contribution < 1.29 is 22.8 Å². The Bertz CT molecular complexity index is 215. The highest BCUT2D eigenvalue weighted by molar-refractivity contribution is 8.20. The Kier molecular flexibility index (Phi) is 3.32. The molecule has 2 N–H and O–H groups in total. The summed E-state index contributed by atoms with van der Waals surface area (Å²) in [5.74, 6) is -0.603. The van der Waals surface area contributed by atoms with Crippen LogP contribution < -0.4 is 0 Å². The van der Waals surface area contributed by atoms with Gasteiger partial charge in [-0.1, -0.05) is 6.58 Å². The highest BCUT2D eigenvalue weighted by Gasteiger charge is 2.30. The van der Waals surface area contributed by atoms with Crippen LogP contribution in [0.5, 0.6) is 0 Å². The van der Waals surface area contributed by atoms with Crippen molar-refractivity contribution in [3.63, 3.8) is 0 Å². The molecule has 5 nitrogen and oxygen atoms in total. The highest BCUT2D eigenvalue weighted by atomic mass is 32.3. The molecule has 0 aromatic heterocycles. The molecule has 0 bridgehead atoms. The number of esters is 1. The number of hydrogen-bond donors (Lipinski definition) is 2. The van der Waals surface area contributed by atoms with E-state index in [1.807, 2.05) is 0 Å². The van der Waals surface area contributed by atoms with Crippen LogP contribution >= 0.6 is 10.9 Å². The van der Waals surface area contributed by atoms with Gasteiger partial charge in [0.15, 0.2) is 0 Å². The molecule has 0 amide bonds. The molecule has 76 valence electrons. The first-order chi connectivity index (χ1) is 6.03. The summed E-state index contributed by atoms with van der Waals surface area (Å²) in [7, 11) is -3.00. The van der Waals surface area contributed by atoms with E-state index >= 15 is 0 Å². The van der Waals surface area contributed by atoms with Gasteiger partial charge in [0.25, 0.3) is 0 Å². The van der Waals surface area contributed by atoms with Gasteiger partial charge >= 0.3 is 5.97 Å². The van der Waals surface area contributed by atoms with Gasteiger partial charge in [-0.25, -0.2) is 4.79 Å². The lowest BCUT2D eigenvalue weighted by Crippen LogP contribution is -2.31. The molecule has 1 heterocycles. The van der Waals surface area contributed by atoms with Gasteiger partial charge in [-0.3, -0.25) is 4.18 Å². The Morgan fingerprint density at radius 2 is 2.38 bits per heavy atom. The van der Waals surface area contributed by atoms with Crippen LogP contribution in [0.1, 0.15) is 6.42 Å². The van der Waals surface area contributed by atoms with Gasteiger partial charge in [0, 0.05) is 12.5 Å². The Morgan fingerprint density at radius 3 is 2.92 bits per heavy atom. The van der Waals surface area contributed by atoms with Crippen LogP contribution in [0.3, 0.4) is 0 Å². The van der Waals surface area contributed by atoms with Crippen molar-refractivity contribution in [1.29, 1.82) is 0 Å². The normalized spacial score (nSPS) is 28.9. The van der Waals surface area contributed by atoms with Gasteiger partial charge in [0.2, 0.25) is 0 Å². The molecule has 1 saturated heterocycles. The first kappa shape index (κ1) is 10.5. The van der Waals surface area contributed by atoms with Crippen molar-refractivity contribution in [3.8, 4) is 0 Å². The summed E-state index contributed by atoms with van der Waals surface area (Å²) in [6.45, 7) is 3.43. The third-order valence-corrected chi connectivity index (χ3v) is 2.91. The molecule has 0 aromatic rings. The highest BCUT2D eigenvalue weighted by Crippen LogP contribution is 2.44. The van der Waals surface area contributed by atoms with Gasteiger partial charge in [-0.15, -0.1) is 0 Å². The smallest absolute Gasteiger partial charge is 0.330 e. The molecule has 1 aliphatic heterocycles.